The number of nitrogens with zero attached hydrogens (tertiary/aromatic N) is 5. The normalized spacial score (nSPS) is 14.9. The van der Waals surface area contributed by atoms with Crippen LogP contribution in [0.1, 0.15) is 25.0 Å². The molecule has 0 bridgehead atoms. The fourth-order valence-corrected chi connectivity index (χ4v) is 4.50. The van der Waals surface area contributed by atoms with Crippen LogP contribution in [0.3, 0.4) is 0 Å². The molecule has 9 nitrogen and oxygen atoms in total. The van der Waals surface area contributed by atoms with E-state index in [-0.39, 0.29) is 11.8 Å². The average molecular weight is 483 g/mol. The maximum atomic E-state index is 12.3. The molecule has 0 radical (unpaired) electrons. The number of benzene rings is 1. The summed E-state index contributed by atoms with van der Waals surface area (Å²) in [5, 5.41) is 3.17. The van der Waals surface area contributed by atoms with Gasteiger partial charge < -0.3 is 19.7 Å². The van der Waals surface area contributed by atoms with Gasteiger partial charge in [-0.1, -0.05) is 12.0 Å². The Hall–Kier alpha value is -4.58. The minimum atomic E-state index is -0.144. The van der Waals surface area contributed by atoms with Crippen LogP contribution in [0.25, 0.3) is 16.9 Å². The summed E-state index contributed by atoms with van der Waals surface area (Å²) in [6.07, 6.45) is 4.26. The number of imidazole rings is 1. The van der Waals surface area contributed by atoms with E-state index in [4.69, 9.17) is 14.5 Å². The molecule has 4 aromatic rings. The third kappa shape index (κ3) is 4.29. The lowest BCUT2D eigenvalue weighted by molar-refractivity contribution is -0.124. The summed E-state index contributed by atoms with van der Waals surface area (Å²) in [6, 6.07) is 13.1. The number of nitrogens with one attached hydrogen (secondary N) is 1. The Morgan fingerprint density at radius 2 is 2.03 bits per heavy atom. The van der Waals surface area contributed by atoms with E-state index in [2.05, 4.69) is 27.1 Å². The largest absolute Gasteiger partial charge is 0.493 e. The molecule has 1 fully saturated rings. The number of ether oxygens (including phenoxy) is 2. The van der Waals surface area contributed by atoms with Crippen molar-refractivity contribution in [1.82, 2.24) is 24.3 Å². The van der Waals surface area contributed by atoms with Gasteiger partial charge in [-0.25, -0.2) is 15.0 Å². The van der Waals surface area contributed by atoms with Crippen LogP contribution in [-0.2, 0) is 4.79 Å². The Morgan fingerprint density at radius 1 is 1.14 bits per heavy atom. The minimum absolute atomic E-state index is 0.0946. The molecule has 1 amide bonds. The van der Waals surface area contributed by atoms with Crippen LogP contribution < -0.4 is 14.8 Å². The maximum Gasteiger partial charge on any atom is 0.298 e. The summed E-state index contributed by atoms with van der Waals surface area (Å²) in [6.45, 7) is 2.91. The molecule has 36 heavy (non-hydrogen) atoms. The van der Waals surface area contributed by atoms with Gasteiger partial charge >= 0.3 is 0 Å². The Morgan fingerprint density at radius 3 is 2.78 bits per heavy atom. The van der Waals surface area contributed by atoms with E-state index in [1.54, 1.807) is 37.4 Å². The summed E-state index contributed by atoms with van der Waals surface area (Å²) < 4.78 is 13.6. The predicted octanol–water partition coefficient (Wildman–Crippen LogP) is 3.97. The van der Waals surface area contributed by atoms with Gasteiger partial charge in [-0.3, -0.25) is 9.20 Å². The number of likely N-dealkylation sites (tertiary alicyclic amines) is 1. The molecule has 0 saturated carbocycles. The summed E-state index contributed by atoms with van der Waals surface area (Å²) >= 11 is 0. The van der Waals surface area contributed by atoms with Gasteiger partial charge in [-0.15, -0.1) is 0 Å². The molecular weight excluding hydrogens is 456 g/mol. The van der Waals surface area contributed by atoms with E-state index in [0.717, 1.165) is 29.0 Å². The zero-order valence-electron chi connectivity index (χ0n) is 20.4. The van der Waals surface area contributed by atoms with E-state index in [1.807, 2.05) is 47.8 Å². The van der Waals surface area contributed by atoms with Gasteiger partial charge in [0.15, 0.2) is 11.5 Å². The fraction of sp³-hybridized carbons (Fsp3) is 0.259. The van der Waals surface area contributed by atoms with Crippen molar-refractivity contribution >= 4 is 17.4 Å². The summed E-state index contributed by atoms with van der Waals surface area (Å²) in [5.41, 5.74) is 2.71. The van der Waals surface area contributed by atoms with Crippen molar-refractivity contribution in [2.45, 2.75) is 19.3 Å². The van der Waals surface area contributed by atoms with Crippen molar-refractivity contribution in [2.24, 2.45) is 0 Å². The van der Waals surface area contributed by atoms with Crippen molar-refractivity contribution in [3.8, 4) is 40.6 Å². The second-order valence-electron chi connectivity index (χ2n) is 8.31. The van der Waals surface area contributed by atoms with E-state index in [9.17, 15) is 4.79 Å². The lowest BCUT2D eigenvalue weighted by Crippen LogP contribution is -2.26. The first-order valence-corrected chi connectivity index (χ1v) is 11.7. The van der Waals surface area contributed by atoms with Crippen molar-refractivity contribution in [2.75, 3.05) is 32.6 Å². The molecule has 0 spiro atoms. The molecule has 1 aromatic carbocycles. The lowest BCUT2D eigenvalue weighted by atomic mass is 10.0. The monoisotopic (exact) mass is 482 g/mol. The molecule has 1 saturated heterocycles. The van der Waals surface area contributed by atoms with Gasteiger partial charge in [-0.2, -0.15) is 0 Å². The number of carbonyl (C=O) groups is 1. The molecule has 1 N–H and O–H groups in total. The van der Waals surface area contributed by atoms with E-state index < -0.39 is 0 Å². The first kappa shape index (κ1) is 23.2. The molecule has 1 atom stereocenters. The van der Waals surface area contributed by atoms with E-state index >= 15 is 0 Å². The molecule has 1 unspecified atom stereocenters. The number of carbonyl (C=O) groups excluding carboxylic acids is 1. The third-order valence-electron chi connectivity index (χ3n) is 6.17. The van der Waals surface area contributed by atoms with Crippen molar-refractivity contribution < 1.29 is 14.3 Å². The molecule has 1 aliphatic heterocycles. The number of rotatable bonds is 6. The Kier molecular flexibility index (Phi) is 6.41. The Balaban J connectivity index is 1.56. The molecule has 3 aromatic heterocycles. The highest BCUT2D eigenvalue weighted by molar-refractivity contribution is 5.93. The van der Waals surface area contributed by atoms with Crippen molar-refractivity contribution in [1.29, 1.82) is 0 Å². The summed E-state index contributed by atoms with van der Waals surface area (Å²) in [5.74, 6) is 8.26. The number of fused-ring (bicyclic) bond motifs is 1. The highest BCUT2D eigenvalue weighted by Crippen LogP contribution is 2.38. The van der Waals surface area contributed by atoms with Gasteiger partial charge in [0.25, 0.3) is 5.91 Å². The Bertz CT molecular complexity index is 1470. The number of methoxy groups -OCH3 is 1. The van der Waals surface area contributed by atoms with Crippen LogP contribution in [0.2, 0.25) is 0 Å². The van der Waals surface area contributed by atoms with Gasteiger partial charge in [0.05, 0.1) is 18.3 Å². The van der Waals surface area contributed by atoms with E-state index in [1.165, 1.54) is 0 Å². The smallest absolute Gasteiger partial charge is 0.298 e. The van der Waals surface area contributed by atoms with Crippen LogP contribution in [0, 0.1) is 11.8 Å². The summed E-state index contributed by atoms with van der Waals surface area (Å²) in [7, 11) is 3.43. The lowest BCUT2D eigenvalue weighted by Gasteiger charge is -2.12. The molecular formula is C27H26N6O3. The van der Waals surface area contributed by atoms with Gasteiger partial charge in [0, 0.05) is 50.1 Å². The number of hydrogen-bond acceptors (Lipinski definition) is 7. The van der Waals surface area contributed by atoms with Gasteiger partial charge in [0.2, 0.25) is 11.8 Å². The quantitative estimate of drug-likeness (QED) is 0.416. The first-order valence-electron chi connectivity index (χ1n) is 11.7. The standard InChI is InChI=1S/C27H26N6O3/c1-4-7-24(34)32-15-12-19(17-32)25-20-11-14-30-27(28-2)33(20)26(31-25)18-9-10-21(22(16-18)35-3)36-23-8-5-6-13-29-23/h5-6,8-11,13-14,16,19H,12,15,17H2,1-3H3,(H,28,30). The topological polar surface area (TPSA) is 93.9 Å². The summed E-state index contributed by atoms with van der Waals surface area (Å²) in [4.78, 5) is 27.9. The second kappa shape index (κ2) is 9.96. The van der Waals surface area contributed by atoms with Crippen molar-refractivity contribution in [3.63, 3.8) is 0 Å². The SMILES string of the molecule is CC#CC(=O)N1CCC(c2nc(-c3ccc(Oc4ccccn4)c(OC)c3)n3c(NC)nccc23)C1. The number of hydrogen-bond donors (Lipinski definition) is 1. The van der Waals surface area contributed by atoms with Gasteiger partial charge in [-0.05, 0) is 49.6 Å². The predicted molar refractivity (Wildman–Crippen MR) is 136 cm³/mol. The van der Waals surface area contributed by atoms with Crippen molar-refractivity contribution in [3.05, 3.63) is 60.6 Å². The van der Waals surface area contributed by atoms with Crippen LogP contribution in [0.4, 0.5) is 5.95 Å². The van der Waals surface area contributed by atoms with Gasteiger partial charge in [0.1, 0.15) is 5.82 Å². The highest BCUT2D eigenvalue weighted by atomic mass is 16.5. The first-order chi connectivity index (χ1) is 17.6. The molecule has 4 heterocycles. The maximum absolute atomic E-state index is 12.3. The average Bonchev–Trinajstić information content (AvgIpc) is 3.55. The zero-order valence-corrected chi connectivity index (χ0v) is 20.4. The molecule has 5 rings (SSSR count). The molecule has 1 aliphatic rings. The number of pyridine rings is 1. The van der Waals surface area contributed by atoms with Crippen LogP contribution >= 0.6 is 0 Å². The molecule has 182 valence electrons. The number of amides is 1. The minimum Gasteiger partial charge on any atom is -0.493 e. The number of anilines is 1. The number of aromatic nitrogens is 4. The van der Waals surface area contributed by atoms with Crippen LogP contribution in [0.15, 0.2) is 54.9 Å². The van der Waals surface area contributed by atoms with Crippen LogP contribution in [-0.4, -0.2) is 57.4 Å². The Labute approximate surface area is 209 Å². The molecule has 0 aliphatic carbocycles. The highest BCUT2D eigenvalue weighted by Gasteiger charge is 2.31. The molecule has 9 heteroatoms. The fourth-order valence-electron chi connectivity index (χ4n) is 4.50. The third-order valence-corrected chi connectivity index (χ3v) is 6.17. The van der Waals surface area contributed by atoms with E-state index in [0.29, 0.717) is 36.4 Å². The zero-order chi connectivity index (χ0) is 25.1. The second-order valence-corrected chi connectivity index (χ2v) is 8.31. The van der Waals surface area contributed by atoms with Crippen LogP contribution in [0.5, 0.6) is 17.4 Å².